The first-order valence-electron chi connectivity index (χ1n) is 18.1. The Kier molecular flexibility index (Phi) is 21.4. The van der Waals surface area contributed by atoms with Crippen LogP contribution in [0.25, 0.3) is 0 Å². The average Bonchev–Trinajstić information content (AvgIpc) is 3.71. The van der Waals surface area contributed by atoms with Crippen molar-refractivity contribution in [3.05, 3.63) is 0 Å². The van der Waals surface area contributed by atoms with Crippen LogP contribution in [-0.2, 0) is 9.53 Å². The van der Waals surface area contributed by atoms with Crippen LogP contribution in [0.2, 0.25) is 0 Å². The van der Waals surface area contributed by atoms with Gasteiger partial charge < -0.3 is 9.64 Å². The van der Waals surface area contributed by atoms with Gasteiger partial charge in [0, 0.05) is 6.54 Å². The fraction of sp³-hybridized carbons (Fsp3) is 0.972. The van der Waals surface area contributed by atoms with Crippen LogP contribution in [0.1, 0.15) is 187 Å². The zero-order valence-corrected chi connectivity index (χ0v) is 26.7. The Morgan fingerprint density at radius 3 is 1.62 bits per heavy atom. The fourth-order valence-corrected chi connectivity index (χ4v) is 6.78. The quantitative estimate of drug-likeness (QED) is 0.0756. The molecule has 0 spiro atoms. The maximum Gasteiger partial charge on any atom is 0.307 e. The SMILES string of the molecule is CCCCCCCCCC(CCCCCCCC1CC1CCCCCCCC)OC(=O)CCN1CCCCC1. The maximum absolute atomic E-state index is 12.6. The van der Waals surface area contributed by atoms with Crippen LogP contribution in [0.3, 0.4) is 0 Å². The number of carbonyl (C=O) groups is 1. The molecule has 1 saturated heterocycles. The van der Waals surface area contributed by atoms with Crippen molar-refractivity contribution in [2.24, 2.45) is 11.8 Å². The molecule has 3 nitrogen and oxygen atoms in total. The van der Waals surface area contributed by atoms with Gasteiger partial charge in [-0.25, -0.2) is 0 Å². The summed E-state index contributed by atoms with van der Waals surface area (Å²) in [6.07, 6.45) is 36.0. The molecule has 3 heteroatoms. The number of piperidine rings is 1. The van der Waals surface area contributed by atoms with Crippen LogP contribution < -0.4 is 0 Å². The minimum atomic E-state index is 0.0495. The van der Waals surface area contributed by atoms with Crippen LogP contribution in [0.5, 0.6) is 0 Å². The van der Waals surface area contributed by atoms with Crippen LogP contribution in [-0.4, -0.2) is 36.6 Å². The van der Waals surface area contributed by atoms with E-state index in [1.165, 1.54) is 154 Å². The number of carbonyl (C=O) groups excluding carboxylic acids is 1. The molecule has 0 aromatic heterocycles. The lowest BCUT2D eigenvalue weighted by Gasteiger charge is -2.26. The number of hydrogen-bond acceptors (Lipinski definition) is 3. The molecule has 1 aliphatic carbocycles. The van der Waals surface area contributed by atoms with Crippen LogP contribution in [0.4, 0.5) is 0 Å². The highest BCUT2D eigenvalue weighted by Gasteiger charge is 2.35. The highest BCUT2D eigenvalue weighted by Crippen LogP contribution is 2.45. The first-order chi connectivity index (χ1) is 19.2. The molecule has 0 aromatic rings. The number of ether oxygens (including phenoxy) is 1. The minimum Gasteiger partial charge on any atom is -0.462 e. The van der Waals surface area contributed by atoms with E-state index in [2.05, 4.69) is 18.7 Å². The van der Waals surface area contributed by atoms with Crippen molar-refractivity contribution in [1.29, 1.82) is 0 Å². The first kappa shape index (κ1) is 34.6. The zero-order valence-electron chi connectivity index (χ0n) is 26.7. The van der Waals surface area contributed by atoms with Gasteiger partial charge in [0.25, 0.3) is 0 Å². The predicted octanol–water partition coefficient (Wildman–Crippen LogP) is 11.0. The molecule has 2 fully saturated rings. The first-order valence-corrected chi connectivity index (χ1v) is 18.1. The normalized spacial score (nSPS) is 20.3. The van der Waals surface area contributed by atoms with Gasteiger partial charge in [-0.05, 0) is 69.9 Å². The molecule has 2 aliphatic rings. The van der Waals surface area contributed by atoms with E-state index in [-0.39, 0.29) is 12.1 Å². The zero-order chi connectivity index (χ0) is 27.8. The van der Waals surface area contributed by atoms with E-state index in [1.54, 1.807) is 0 Å². The summed E-state index contributed by atoms with van der Waals surface area (Å²) >= 11 is 0. The summed E-state index contributed by atoms with van der Waals surface area (Å²) in [5, 5.41) is 0. The summed E-state index contributed by atoms with van der Waals surface area (Å²) < 4.78 is 6.06. The van der Waals surface area contributed by atoms with Crippen LogP contribution in [0.15, 0.2) is 0 Å². The average molecular weight is 548 g/mol. The standard InChI is InChI=1S/C36H69NO2/c1-3-5-7-9-11-15-20-26-35(39-36(38)28-31-37-29-22-17-23-30-37)27-21-16-12-14-19-25-34-32-33(34)24-18-13-10-8-6-4-2/h33-35H,3-32H2,1-2H3. The fourth-order valence-electron chi connectivity index (χ4n) is 6.78. The third kappa shape index (κ3) is 19.2. The second-order valence-electron chi connectivity index (χ2n) is 13.3. The van der Waals surface area contributed by atoms with E-state index < -0.39 is 0 Å². The monoisotopic (exact) mass is 548 g/mol. The van der Waals surface area contributed by atoms with Gasteiger partial charge in [-0.1, -0.05) is 136 Å². The Morgan fingerprint density at radius 2 is 1.10 bits per heavy atom. The van der Waals surface area contributed by atoms with Gasteiger partial charge in [0.15, 0.2) is 0 Å². The van der Waals surface area contributed by atoms with Gasteiger partial charge in [0.2, 0.25) is 0 Å². The molecule has 1 heterocycles. The lowest BCUT2D eigenvalue weighted by molar-refractivity contribution is -0.150. The van der Waals surface area contributed by atoms with Gasteiger partial charge in [-0.3, -0.25) is 4.79 Å². The number of nitrogens with zero attached hydrogens (tertiary/aromatic N) is 1. The predicted molar refractivity (Wildman–Crippen MR) is 169 cm³/mol. The molecule has 3 atom stereocenters. The molecule has 230 valence electrons. The molecule has 0 radical (unpaired) electrons. The van der Waals surface area contributed by atoms with Crippen molar-refractivity contribution < 1.29 is 9.53 Å². The number of unbranched alkanes of at least 4 members (excludes halogenated alkanes) is 15. The van der Waals surface area contributed by atoms with Crippen molar-refractivity contribution in [3.8, 4) is 0 Å². The molecular weight excluding hydrogens is 478 g/mol. The Balaban J connectivity index is 1.51. The molecule has 39 heavy (non-hydrogen) atoms. The van der Waals surface area contributed by atoms with Crippen LogP contribution >= 0.6 is 0 Å². The second-order valence-corrected chi connectivity index (χ2v) is 13.3. The summed E-state index contributed by atoms with van der Waals surface area (Å²) in [5.74, 6) is 2.19. The van der Waals surface area contributed by atoms with Gasteiger partial charge in [0.1, 0.15) is 6.10 Å². The maximum atomic E-state index is 12.6. The minimum absolute atomic E-state index is 0.0495. The Morgan fingerprint density at radius 1 is 0.641 bits per heavy atom. The summed E-state index contributed by atoms with van der Waals surface area (Å²) in [7, 11) is 0. The second kappa shape index (κ2) is 24.1. The van der Waals surface area contributed by atoms with Gasteiger partial charge in [-0.15, -0.1) is 0 Å². The van der Waals surface area contributed by atoms with E-state index >= 15 is 0 Å². The van der Waals surface area contributed by atoms with Gasteiger partial charge in [0.05, 0.1) is 6.42 Å². The van der Waals surface area contributed by atoms with E-state index in [0.29, 0.717) is 6.42 Å². The molecule has 0 bridgehead atoms. The summed E-state index contributed by atoms with van der Waals surface area (Å²) in [5.41, 5.74) is 0. The number of esters is 1. The smallest absolute Gasteiger partial charge is 0.307 e. The Bertz CT molecular complexity index is 558. The van der Waals surface area contributed by atoms with Crippen molar-refractivity contribution in [3.63, 3.8) is 0 Å². The largest absolute Gasteiger partial charge is 0.462 e. The van der Waals surface area contributed by atoms with Crippen molar-refractivity contribution in [2.45, 2.75) is 193 Å². The molecular formula is C36H69NO2. The number of rotatable bonds is 27. The third-order valence-corrected chi connectivity index (χ3v) is 9.61. The van der Waals surface area contributed by atoms with E-state index in [1.807, 2.05) is 0 Å². The van der Waals surface area contributed by atoms with Crippen molar-refractivity contribution in [1.82, 2.24) is 4.90 Å². The van der Waals surface area contributed by atoms with Crippen LogP contribution in [0, 0.1) is 11.8 Å². The summed E-state index contributed by atoms with van der Waals surface area (Å²) in [6.45, 7) is 7.80. The van der Waals surface area contributed by atoms with Crippen molar-refractivity contribution in [2.75, 3.05) is 19.6 Å². The van der Waals surface area contributed by atoms with E-state index in [4.69, 9.17) is 4.74 Å². The Hall–Kier alpha value is -0.570. The topological polar surface area (TPSA) is 29.5 Å². The van der Waals surface area contributed by atoms with Gasteiger partial charge in [-0.2, -0.15) is 0 Å². The summed E-state index contributed by atoms with van der Waals surface area (Å²) in [4.78, 5) is 15.1. The highest BCUT2D eigenvalue weighted by molar-refractivity contribution is 5.69. The molecule has 3 unspecified atom stereocenters. The highest BCUT2D eigenvalue weighted by atomic mass is 16.5. The molecule has 2 rings (SSSR count). The summed E-state index contributed by atoms with van der Waals surface area (Å²) in [6, 6.07) is 0. The molecule has 0 N–H and O–H groups in total. The molecule has 0 amide bonds. The number of likely N-dealkylation sites (tertiary alicyclic amines) is 1. The molecule has 0 aromatic carbocycles. The third-order valence-electron chi connectivity index (χ3n) is 9.61. The molecule has 1 aliphatic heterocycles. The van der Waals surface area contributed by atoms with E-state index in [0.717, 1.165) is 44.3 Å². The lowest BCUT2D eigenvalue weighted by Crippen LogP contribution is -2.32. The number of hydrogen-bond donors (Lipinski definition) is 0. The van der Waals surface area contributed by atoms with Gasteiger partial charge >= 0.3 is 5.97 Å². The van der Waals surface area contributed by atoms with E-state index in [9.17, 15) is 4.79 Å². The van der Waals surface area contributed by atoms with Crippen molar-refractivity contribution >= 4 is 5.97 Å². The Labute approximate surface area is 245 Å². The molecule has 1 saturated carbocycles. The lowest BCUT2D eigenvalue weighted by atomic mass is 10.0.